The zero-order valence-corrected chi connectivity index (χ0v) is 9.69. The number of rotatable bonds is 1. The van der Waals surface area contributed by atoms with Gasteiger partial charge in [-0.2, -0.15) is 0 Å². The molecular formula is C11H14FNSi. The van der Waals surface area contributed by atoms with Gasteiger partial charge in [-0.1, -0.05) is 25.7 Å². The fourth-order valence-electron chi connectivity index (χ4n) is 0.857. The molecule has 14 heavy (non-hydrogen) atoms. The van der Waals surface area contributed by atoms with E-state index in [0.29, 0.717) is 5.69 Å². The topological polar surface area (TPSA) is 12.0 Å². The van der Waals surface area contributed by atoms with Crippen molar-refractivity contribution >= 4 is 13.8 Å². The van der Waals surface area contributed by atoms with Crippen LogP contribution in [0.15, 0.2) is 24.3 Å². The Morgan fingerprint density at radius 3 is 2.57 bits per heavy atom. The van der Waals surface area contributed by atoms with E-state index in [-0.39, 0.29) is 5.82 Å². The molecule has 0 aliphatic rings. The van der Waals surface area contributed by atoms with Gasteiger partial charge in [0, 0.05) is 11.7 Å². The Hall–Kier alpha value is -1.27. The van der Waals surface area contributed by atoms with Gasteiger partial charge in [0.1, 0.15) is 13.9 Å². The van der Waals surface area contributed by atoms with Crippen LogP contribution in [0.1, 0.15) is 0 Å². The maximum Gasteiger partial charge on any atom is 0.131 e. The maximum absolute atomic E-state index is 12.7. The SMILES string of the molecule is C[Si](C)(C)C#CNc1cccc(F)c1. The monoisotopic (exact) mass is 207 g/mol. The minimum absolute atomic E-state index is 0.246. The van der Waals surface area contributed by atoms with Crippen molar-refractivity contribution in [1.82, 2.24) is 0 Å². The third kappa shape index (κ3) is 4.10. The van der Waals surface area contributed by atoms with Gasteiger partial charge >= 0.3 is 0 Å². The number of halogens is 1. The second-order valence-corrected chi connectivity index (χ2v) is 8.89. The van der Waals surface area contributed by atoms with Crippen LogP contribution < -0.4 is 5.32 Å². The molecule has 0 saturated heterocycles. The van der Waals surface area contributed by atoms with Crippen LogP contribution in [0.25, 0.3) is 0 Å². The van der Waals surface area contributed by atoms with Gasteiger partial charge in [-0.25, -0.2) is 4.39 Å². The molecule has 0 aliphatic carbocycles. The minimum atomic E-state index is -1.34. The van der Waals surface area contributed by atoms with Crippen molar-refractivity contribution in [3.8, 4) is 11.6 Å². The van der Waals surface area contributed by atoms with Gasteiger partial charge < -0.3 is 5.32 Å². The Labute approximate surface area is 85.4 Å². The zero-order chi connectivity index (χ0) is 10.6. The van der Waals surface area contributed by atoms with Gasteiger partial charge in [-0.3, -0.25) is 0 Å². The Morgan fingerprint density at radius 1 is 1.29 bits per heavy atom. The smallest absolute Gasteiger partial charge is 0.131 e. The van der Waals surface area contributed by atoms with Crippen LogP contribution in [0, 0.1) is 17.4 Å². The Kier molecular flexibility index (Phi) is 3.31. The molecule has 1 rings (SSSR count). The van der Waals surface area contributed by atoms with Crippen LogP contribution in [0.3, 0.4) is 0 Å². The second-order valence-electron chi connectivity index (χ2n) is 4.14. The molecule has 1 N–H and O–H groups in total. The van der Waals surface area contributed by atoms with E-state index in [1.54, 1.807) is 12.1 Å². The van der Waals surface area contributed by atoms with Crippen LogP contribution in [0.2, 0.25) is 19.6 Å². The first-order valence-corrected chi connectivity index (χ1v) is 8.01. The third-order valence-corrected chi connectivity index (χ3v) is 2.34. The summed E-state index contributed by atoms with van der Waals surface area (Å²) in [6, 6.07) is 9.16. The molecular weight excluding hydrogens is 193 g/mol. The van der Waals surface area contributed by atoms with Gasteiger partial charge in [0.25, 0.3) is 0 Å². The van der Waals surface area contributed by atoms with Crippen LogP contribution in [-0.4, -0.2) is 8.07 Å². The molecule has 1 aromatic carbocycles. The summed E-state index contributed by atoms with van der Waals surface area (Å²) >= 11 is 0. The highest BCUT2D eigenvalue weighted by Gasteiger charge is 2.07. The lowest BCUT2D eigenvalue weighted by atomic mass is 10.3. The molecule has 0 bridgehead atoms. The molecule has 0 atom stereocenters. The van der Waals surface area contributed by atoms with E-state index < -0.39 is 8.07 Å². The van der Waals surface area contributed by atoms with E-state index in [2.05, 4.69) is 36.5 Å². The molecule has 0 spiro atoms. The van der Waals surface area contributed by atoms with Crippen LogP contribution >= 0.6 is 0 Å². The fourth-order valence-corrected chi connectivity index (χ4v) is 1.29. The van der Waals surface area contributed by atoms with E-state index in [1.807, 2.05) is 0 Å². The predicted molar refractivity (Wildman–Crippen MR) is 61.1 cm³/mol. The van der Waals surface area contributed by atoms with Crippen molar-refractivity contribution in [3.63, 3.8) is 0 Å². The van der Waals surface area contributed by atoms with Gasteiger partial charge in [0.05, 0.1) is 0 Å². The molecule has 1 nitrogen and oxygen atoms in total. The summed E-state index contributed by atoms with van der Waals surface area (Å²) in [7, 11) is -1.34. The predicted octanol–water partition coefficient (Wildman–Crippen LogP) is 3.08. The minimum Gasteiger partial charge on any atom is -0.315 e. The summed E-state index contributed by atoms with van der Waals surface area (Å²) in [6.45, 7) is 6.48. The Morgan fingerprint density at radius 2 is 2.00 bits per heavy atom. The van der Waals surface area contributed by atoms with Crippen molar-refractivity contribution in [2.45, 2.75) is 19.6 Å². The summed E-state index contributed by atoms with van der Waals surface area (Å²) in [6.07, 6.45) is 0. The first-order valence-electron chi connectivity index (χ1n) is 4.51. The normalized spacial score (nSPS) is 10.3. The highest BCUT2D eigenvalue weighted by Crippen LogP contribution is 2.08. The Balaban J connectivity index is 2.65. The highest BCUT2D eigenvalue weighted by molar-refractivity contribution is 6.83. The number of nitrogens with one attached hydrogen (secondary N) is 1. The second kappa shape index (κ2) is 4.29. The lowest BCUT2D eigenvalue weighted by Crippen LogP contribution is -2.16. The summed E-state index contributed by atoms with van der Waals surface area (Å²) in [4.78, 5) is 0. The number of benzene rings is 1. The number of hydrogen-bond donors (Lipinski definition) is 1. The quantitative estimate of drug-likeness (QED) is 0.424. The third-order valence-electron chi connectivity index (χ3n) is 1.47. The van der Waals surface area contributed by atoms with E-state index in [0.717, 1.165) is 0 Å². The maximum atomic E-state index is 12.7. The molecule has 0 radical (unpaired) electrons. The lowest BCUT2D eigenvalue weighted by Gasteiger charge is -2.03. The van der Waals surface area contributed by atoms with Crippen LogP contribution in [0.4, 0.5) is 10.1 Å². The lowest BCUT2D eigenvalue weighted by molar-refractivity contribution is 0.628. The average molecular weight is 207 g/mol. The standard InChI is InChI=1S/C11H14FNSi/c1-14(2,3)8-7-13-11-6-4-5-10(12)9-11/h4-6,9,13H,1-3H3. The average Bonchev–Trinajstić information content (AvgIpc) is 2.01. The summed E-state index contributed by atoms with van der Waals surface area (Å²) in [5, 5.41) is 2.88. The molecule has 0 saturated carbocycles. The summed E-state index contributed by atoms with van der Waals surface area (Å²) < 4.78 is 12.7. The molecule has 1 aromatic rings. The highest BCUT2D eigenvalue weighted by atomic mass is 28.3. The molecule has 0 heterocycles. The van der Waals surface area contributed by atoms with Crippen molar-refractivity contribution in [1.29, 1.82) is 0 Å². The number of hydrogen-bond acceptors (Lipinski definition) is 1. The van der Waals surface area contributed by atoms with E-state index in [4.69, 9.17) is 0 Å². The molecule has 0 aromatic heterocycles. The molecule has 0 amide bonds. The van der Waals surface area contributed by atoms with Crippen molar-refractivity contribution in [2.24, 2.45) is 0 Å². The van der Waals surface area contributed by atoms with Crippen molar-refractivity contribution < 1.29 is 4.39 Å². The Bertz CT molecular complexity index is 371. The van der Waals surface area contributed by atoms with Gasteiger partial charge in [0.15, 0.2) is 0 Å². The summed E-state index contributed by atoms with van der Waals surface area (Å²) in [5.41, 5.74) is 3.85. The largest absolute Gasteiger partial charge is 0.315 e. The van der Waals surface area contributed by atoms with Crippen molar-refractivity contribution in [2.75, 3.05) is 5.32 Å². The van der Waals surface area contributed by atoms with E-state index >= 15 is 0 Å². The van der Waals surface area contributed by atoms with Crippen LogP contribution in [-0.2, 0) is 0 Å². The first kappa shape index (κ1) is 10.8. The van der Waals surface area contributed by atoms with E-state index in [1.165, 1.54) is 12.1 Å². The van der Waals surface area contributed by atoms with Gasteiger partial charge in [0.2, 0.25) is 0 Å². The molecule has 3 heteroatoms. The van der Waals surface area contributed by atoms with Gasteiger partial charge in [-0.15, -0.1) is 5.54 Å². The molecule has 0 aliphatic heterocycles. The van der Waals surface area contributed by atoms with Crippen molar-refractivity contribution in [3.05, 3.63) is 30.1 Å². The number of anilines is 1. The fraction of sp³-hybridized carbons (Fsp3) is 0.273. The van der Waals surface area contributed by atoms with Crippen LogP contribution in [0.5, 0.6) is 0 Å². The molecule has 0 fully saturated rings. The molecule has 0 unspecified atom stereocenters. The summed E-state index contributed by atoms with van der Waals surface area (Å²) in [5.74, 6) is -0.246. The van der Waals surface area contributed by atoms with E-state index in [9.17, 15) is 4.39 Å². The van der Waals surface area contributed by atoms with Gasteiger partial charge in [-0.05, 0) is 18.2 Å². The zero-order valence-electron chi connectivity index (χ0n) is 8.69. The first-order chi connectivity index (χ1) is 6.47. The molecule has 74 valence electrons.